The molecule has 1 aliphatic rings. The summed E-state index contributed by atoms with van der Waals surface area (Å²) in [5, 5.41) is 5.07. The van der Waals surface area contributed by atoms with Gasteiger partial charge in [0.05, 0.1) is 6.54 Å². The summed E-state index contributed by atoms with van der Waals surface area (Å²) >= 11 is 0. The molecule has 0 bridgehead atoms. The van der Waals surface area contributed by atoms with Crippen LogP contribution < -0.4 is 10.6 Å². The Morgan fingerprint density at radius 3 is 2.41 bits per heavy atom. The number of hydrogen-bond acceptors (Lipinski definition) is 5. The lowest BCUT2D eigenvalue weighted by Crippen LogP contribution is -2.32. The molecular weight excluding hydrogens is 350 g/mol. The number of carbonyl (C=O) groups is 4. The van der Waals surface area contributed by atoms with Crippen LogP contribution in [0.5, 0.6) is 0 Å². The van der Waals surface area contributed by atoms with Gasteiger partial charge in [0.1, 0.15) is 0 Å². The molecular formula is C19H25N3O5. The minimum Gasteiger partial charge on any atom is -0.456 e. The van der Waals surface area contributed by atoms with Gasteiger partial charge in [-0.2, -0.15) is 0 Å². The summed E-state index contributed by atoms with van der Waals surface area (Å²) in [5.74, 6) is -1.30. The predicted octanol–water partition coefficient (Wildman–Crippen LogP) is 1.80. The van der Waals surface area contributed by atoms with Gasteiger partial charge in [0, 0.05) is 18.7 Å². The summed E-state index contributed by atoms with van der Waals surface area (Å²) < 4.78 is 4.92. The predicted molar refractivity (Wildman–Crippen MR) is 99.1 cm³/mol. The highest BCUT2D eigenvalue weighted by Gasteiger charge is 2.27. The number of urea groups is 1. The maximum atomic E-state index is 11.9. The van der Waals surface area contributed by atoms with Crippen molar-refractivity contribution in [2.24, 2.45) is 0 Å². The highest BCUT2D eigenvalue weighted by Crippen LogP contribution is 2.23. The fourth-order valence-corrected chi connectivity index (χ4v) is 2.53. The van der Waals surface area contributed by atoms with Crippen LogP contribution in [0, 0.1) is 0 Å². The number of hydrogen-bond donors (Lipinski definition) is 2. The Kier molecular flexibility index (Phi) is 6.55. The second-order valence-corrected chi connectivity index (χ2v) is 7.34. The van der Waals surface area contributed by atoms with Gasteiger partial charge in [-0.3, -0.25) is 19.3 Å². The average Bonchev–Trinajstić information content (AvgIpc) is 2.91. The monoisotopic (exact) mass is 375 g/mol. The molecule has 0 aromatic heterocycles. The highest BCUT2D eigenvalue weighted by atomic mass is 16.5. The van der Waals surface area contributed by atoms with E-state index in [0.717, 1.165) is 10.5 Å². The lowest BCUT2D eigenvalue weighted by Gasteiger charge is -2.19. The van der Waals surface area contributed by atoms with E-state index in [2.05, 4.69) is 31.4 Å². The first-order valence-electron chi connectivity index (χ1n) is 8.81. The number of ether oxygens (including phenoxy) is 1. The zero-order valence-electron chi connectivity index (χ0n) is 15.8. The van der Waals surface area contributed by atoms with Crippen LogP contribution in [-0.2, 0) is 24.5 Å². The number of benzene rings is 1. The van der Waals surface area contributed by atoms with Gasteiger partial charge in [0.25, 0.3) is 5.91 Å². The molecule has 146 valence electrons. The molecule has 1 aliphatic heterocycles. The molecule has 4 amide bonds. The van der Waals surface area contributed by atoms with Crippen molar-refractivity contribution in [1.82, 2.24) is 10.2 Å². The molecule has 0 radical (unpaired) electrons. The maximum absolute atomic E-state index is 11.9. The molecule has 0 atom stereocenters. The van der Waals surface area contributed by atoms with Crippen LogP contribution in [0.15, 0.2) is 24.3 Å². The van der Waals surface area contributed by atoms with Crippen LogP contribution in [0.2, 0.25) is 0 Å². The number of amides is 4. The third-order valence-corrected chi connectivity index (χ3v) is 4.10. The van der Waals surface area contributed by atoms with Crippen molar-refractivity contribution in [2.45, 2.75) is 39.0 Å². The number of imide groups is 1. The summed E-state index contributed by atoms with van der Waals surface area (Å²) in [7, 11) is 0. The summed E-state index contributed by atoms with van der Waals surface area (Å²) in [6.07, 6.45) is 0.304. The van der Waals surface area contributed by atoms with E-state index in [0.29, 0.717) is 5.69 Å². The molecule has 0 unspecified atom stereocenters. The normalized spacial score (nSPS) is 14.1. The van der Waals surface area contributed by atoms with Crippen molar-refractivity contribution in [3.05, 3.63) is 29.8 Å². The molecule has 1 saturated heterocycles. The first kappa shape index (κ1) is 20.4. The Morgan fingerprint density at radius 1 is 1.19 bits per heavy atom. The van der Waals surface area contributed by atoms with E-state index in [1.807, 2.05) is 12.1 Å². The fraction of sp³-hybridized carbons (Fsp3) is 0.474. The van der Waals surface area contributed by atoms with Crippen LogP contribution in [-0.4, -0.2) is 48.4 Å². The number of nitrogens with zero attached hydrogens (tertiary/aromatic N) is 1. The third-order valence-electron chi connectivity index (χ3n) is 4.10. The quantitative estimate of drug-likeness (QED) is 0.558. The molecule has 8 heteroatoms. The van der Waals surface area contributed by atoms with Gasteiger partial charge in [0.15, 0.2) is 6.61 Å². The van der Waals surface area contributed by atoms with Gasteiger partial charge >= 0.3 is 12.0 Å². The lowest BCUT2D eigenvalue weighted by atomic mass is 9.87. The van der Waals surface area contributed by atoms with Gasteiger partial charge in [-0.1, -0.05) is 32.9 Å². The number of esters is 1. The SMILES string of the molecule is CC(C)(C)c1ccc(NC(=O)COC(=O)CCCN2C(=O)CNC2=O)cc1. The third kappa shape index (κ3) is 6.09. The number of rotatable bonds is 7. The topological polar surface area (TPSA) is 105 Å². The first-order valence-corrected chi connectivity index (χ1v) is 8.81. The Morgan fingerprint density at radius 2 is 1.85 bits per heavy atom. The summed E-state index contributed by atoms with van der Waals surface area (Å²) in [6.45, 7) is 6.06. The van der Waals surface area contributed by atoms with Crippen molar-refractivity contribution in [2.75, 3.05) is 25.0 Å². The molecule has 0 spiro atoms. The van der Waals surface area contributed by atoms with E-state index in [1.54, 1.807) is 12.1 Å². The van der Waals surface area contributed by atoms with Crippen molar-refractivity contribution in [1.29, 1.82) is 0 Å². The summed E-state index contributed by atoms with van der Waals surface area (Å²) in [6, 6.07) is 7.04. The highest BCUT2D eigenvalue weighted by molar-refractivity contribution is 6.01. The molecule has 1 heterocycles. The van der Waals surface area contributed by atoms with Crippen molar-refractivity contribution < 1.29 is 23.9 Å². The standard InChI is InChI=1S/C19H25N3O5/c1-19(2,3)13-6-8-14(9-7-13)21-15(23)12-27-17(25)5-4-10-22-16(24)11-20-18(22)26/h6-9H,4-5,10-12H2,1-3H3,(H,20,26)(H,21,23). The van der Waals surface area contributed by atoms with E-state index in [4.69, 9.17) is 4.74 Å². The Labute approximate surface area is 158 Å². The van der Waals surface area contributed by atoms with Crippen LogP contribution in [0.1, 0.15) is 39.2 Å². The molecule has 8 nitrogen and oxygen atoms in total. The van der Waals surface area contributed by atoms with Crippen LogP contribution in [0.3, 0.4) is 0 Å². The molecule has 0 saturated carbocycles. The van der Waals surface area contributed by atoms with Gasteiger partial charge in [-0.15, -0.1) is 0 Å². The molecule has 27 heavy (non-hydrogen) atoms. The summed E-state index contributed by atoms with van der Waals surface area (Å²) in [4.78, 5) is 47.4. The van der Waals surface area contributed by atoms with E-state index in [1.165, 1.54) is 0 Å². The van der Waals surface area contributed by atoms with Crippen LogP contribution in [0.4, 0.5) is 10.5 Å². The largest absolute Gasteiger partial charge is 0.456 e. The van der Waals surface area contributed by atoms with Crippen LogP contribution >= 0.6 is 0 Å². The van der Waals surface area contributed by atoms with Gasteiger partial charge in [0.2, 0.25) is 5.91 Å². The zero-order valence-corrected chi connectivity index (χ0v) is 15.8. The van der Waals surface area contributed by atoms with E-state index in [9.17, 15) is 19.2 Å². The molecule has 2 rings (SSSR count). The second-order valence-electron chi connectivity index (χ2n) is 7.34. The lowest BCUT2D eigenvalue weighted by molar-refractivity contribution is -0.147. The smallest absolute Gasteiger partial charge is 0.324 e. The van der Waals surface area contributed by atoms with Crippen molar-refractivity contribution in [3.8, 4) is 0 Å². The van der Waals surface area contributed by atoms with Crippen LogP contribution in [0.25, 0.3) is 0 Å². The van der Waals surface area contributed by atoms with Crippen molar-refractivity contribution in [3.63, 3.8) is 0 Å². The van der Waals surface area contributed by atoms with Gasteiger partial charge < -0.3 is 15.4 Å². The maximum Gasteiger partial charge on any atom is 0.324 e. The van der Waals surface area contributed by atoms with Gasteiger partial charge in [-0.25, -0.2) is 4.79 Å². The minimum atomic E-state index is -0.555. The average molecular weight is 375 g/mol. The Bertz CT molecular complexity index is 706. The number of carbonyl (C=O) groups excluding carboxylic acids is 4. The second kappa shape index (κ2) is 8.66. The molecule has 1 aromatic rings. The Hall–Kier alpha value is -2.90. The van der Waals surface area contributed by atoms with E-state index in [-0.39, 0.29) is 43.9 Å². The Balaban J connectivity index is 1.68. The van der Waals surface area contributed by atoms with E-state index >= 15 is 0 Å². The number of anilines is 1. The summed E-state index contributed by atoms with van der Waals surface area (Å²) in [5.41, 5.74) is 1.80. The molecule has 1 aromatic carbocycles. The molecule has 0 aliphatic carbocycles. The zero-order chi connectivity index (χ0) is 20.0. The molecule has 2 N–H and O–H groups in total. The molecule has 1 fully saturated rings. The number of nitrogens with one attached hydrogen (secondary N) is 2. The van der Waals surface area contributed by atoms with Crippen molar-refractivity contribution >= 4 is 29.5 Å². The van der Waals surface area contributed by atoms with E-state index < -0.39 is 17.9 Å². The first-order chi connectivity index (χ1) is 12.7. The van der Waals surface area contributed by atoms with Gasteiger partial charge in [-0.05, 0) is 29.5 Å². The minimum absolute atomic E-state index is 0.0137. The fourth-order valence-electron chi connectivity index (χ4n) is 2.53.